The third-order valence-electron chi connectivity index (χ3n) is 6.78. The third-order valence-corrected chi connectivity index (χ3v) is 7.47. The van der Waals surface area contributed by atoms with Crippen LogP contribution in [0.4, 0.5) is 10.5 Å². The molecule has 3 aromatic rings. The van der Waals surface area contributed by atoms with Crippen molar-refractivity contribution in [3.63, 3.8) is 0 Å². The number of hydrogen-bond donors (Lipinski definition) is 3. The smallest absolute Gasteiger partial charge is 0.319 e. The number of unbranched alkanes of at least 4 members (excludes halogenated alkanes) is 11. The minimum atomic E-state index is -0.269. The van der Waals surface area contributed by atoms with Gasteiger partial charge in [-0.05, 0) is 24.6 Å². The van der Waals surface area contributed by atoms with Gasteiger partial charge in [0.25, 0.3) is 0 Å². The number of amides is 2. The number of nitrogens with one attached hydrogen (secondary N) is 3. The Bertz CT molecular complexity index is 1160. The molecule has 210 valence electrons. The molecule has 1 aromatic carbocycles. The number of H-pyrrole nitrogens is 1. The van der Waals surface area contributed by atoms with E-state index in [0.29, 0.717) is 33.7 Å². The fourth-order valence-corrected chi connectivity index (χ4v) is 5.13. The zero-order valence-electron chi connectivity index (χ0n) is 23.4. The van der Waals surface area contributed by atoms with E-state index in [1.807, 2.05) is 6.07 Å². The summed E-state index contributed by atoms with van der Waals surface area (Å²) in [4.78, 5) is 17.1. The first-order valence-corrected chi connectivity index (χ1v) is 15.0. The monoisotopic (exact) mass is 562 g/mol. The molecule has 9 heteroatoms. The van der Waals surface area contributed by atoms with Crippen LogP contribution in [-0.4, -0.2) is 32.4 Å². The highest BCUT2D eigenvalue weighted by Gasteiger charge is 2.24. The van der Waals surface area contributed by atoms with Gasteiger partial charge in [0.2, 0.25) is 0 Å². The molecule has 0 spiro atoms. The Hall–Kier alpha value is -2.25. The summed E-state index contributed by atoms with van der Waals surface area (Å²) in [6, 6.07) is 5.06. The summed E-state index contributed by atoms with van der Waals surface area (Å²) in [5, 5.41) is 14.5. The largest absolute Gasteiger partial charge is 0.338 e. The van der Waals surface area contributed by atoms with Crippen molar-refractivity contribution in [2.24, 2.45) is 0 Å². The normalized spacial score (nSPS) is 11.8. The summed E-state index contributed by atoms with van der Waals surface area (Å²) in [5.41, 5.74) is 2.53. The second kappa shape index (κ2) is 14.8. The molecule has 2 amide bonds. The molecule has 0 fully saturated rings. The lowest BCUT2D eigenvalue weighted by Crippen LogP contribution is -2.29. The highest BCUT2D eigenvalue weighted by atomic mass is 35.5. The average Bonchev–Trinajstić information content (AvgIpc) is 3.43. The molecule has 7 nitrogen and oxygen atoms in total. The van der Waals surface area contributed by atoms with Crippen molar-refractivity contribution in [1.29, 1.82) is 0 Å². The van der Waals surface area contributed by atoms with Crippen LogP contribution >= 0.6 is 23.2 Å². The molecule has 0 atom stereocenters. The molecule has 38 heavy (non-hydrogen) atoms. The summed E-state index contributed by atoms with van der Waals surface area (Å²) in [6.45, 7) is 9.13. The van der Waals surface area contributed by atoms with E-state index in [4.69, 9.17) is 23.2 Å². The van der Waals surface area contributed by atoms with Crippen molar-refractivity contribution in [3.05, 3.63) is 33.9 Å². The highest BCUT2D eigenvalue weighted by molar-refractivity contribution is 6.34. The zero-order chi connectivity index (χ0) is 27.5. The van der Waals surface area contributed by atoms with Crippen molar-refractivity contribution in [2.45, 2.75) is 110 Å². The van der Waals surface area contributed by atoms with Gasteiger partial charge in [0.15, 0.2) is 11.5 Å². The number of benzene rings is 1. The number of anilines is 1. The third kappa shape index (κ3) is 8.91. The van der Waals surface area contributed by atoms with Gasteiger partial charge in [0.1, 0.15) is 5.02 Å². The van der Waals surface area contributed by atoms with E-state index in [9.17, 15) is 4.79 Å². The van der Waals surface area contributed by atoms with Gasteiger partial charge in [-0.25, -0.2) is 9.78 Å². The minimum absolute atomic E-state index is 0.155. The van der Waals surface area contributed by atoms with Crippen LogP contribution in [0.5, 0.6) is 0 Å². The van der Waals surface area contributed by atoms with Gasteiger partial charge < -0.3 is 10.6 Å². The van der Waals surface area contributed by atoms with Gasteiger partial charge in [-0.2, -0.15) is 4.63 Å². The molecule has 0 aliphatic rings. The number of halogens is 2. The van der Waals surface area contributed by atoms with E-state index in [-0.39, 0.29) is 11.4 Å². The number of nitrogens with zero attached hydrogens (tertiary/aromatic N) is 3. The molecule has 0 aliphatic heterocycles. The Morgan fingerprint density at radius 2 is 1.55 bits per heavy atom. The van der Waals surface area contributed by atoms with Crippen LogP contribution in [0.25, 0.3) is 17.0 Å². The van der Waals surface area contributed by atoms with E-state index in [1.54, 1.807) is 16.8 Å². The van der Waals surface area contributed by atoms with Crippen molar-refractivity contribution in [1.82, 2.24) is 25.1 Å². The zero-order valence-corrected chi connectivity index (χ0v) is 24.9. The van der Waals surface area contributed by atoms with Gasteiger partial charge in [0, 0.05) is 17.5 Å². The number of carbonyl (C=O) groups is 1. The van der Waals surface area contributed by atoms with Gasteiger partial charge in [-0.15, -0.1) is 5.10 Å². The number of carbonyl (C=O) groups excluding carboxylic acids is 1. The number of fused-ring (bicyclic) bond motifs is 1. The number of aromatic amines is 1. The first-order chi connectivity index (χ1) is 18.2. The predicted octanol–water partition coefficient (Wildman–Crippen LogP) is 9.15. The van der Waals surface area contributed by atoms with Crippen molar-refractivity contribution in [3.8, 4) is 11.4 Å². The fourth-order valence-electron chi connectivity index (χ4n) is 4.51. The van der Waals surface area contributed by atoms with Crippen LogP contribution in [0.3, 0.4) is 0 Å². The lowest BCUT2D eigenvalue weighted by Gasteiger charge is -2.16. The van der Waals surface area contributed by atoms with E-state index < -0.39 is 0 Å². The Kier molecular flexibility index (Phi) is 11.8. The van der Waals surface area contributed by atoms with Gasteiger partial charge in [0.05, 0.1) is 16.4 Å². The SMILES string of the molecule is CCCCCCCCCCCCCCNC(=O)Nc1cc(-c2nc3c(Cl)c(C(C)(C)C)[nH]n3n2)ccc1Cl. The van der Waals surface area contributed by atoms with E-state index in [2.05, 4.69) is 53.5 Å². The number of hydrogen-bond acceptors (Lipinski definition) is 3. The maximum Gasteiger partial charge on any atom is 0.319 e. The average molecular weight is 564 g/mol. The number of urea groups is 1. The minimum Gasteiger partial charge on any atom is -0.338 e. The molecule has 0 radical (unpaired) electrons. The molecule has 0 saturated carbocycles. The Morgan fingerprint density at radius 3 is 2.13 bits per heavy atom. The van der Waals surface area contributed by atoms with Crippen LogP contribution < -0.4 is 10.6 Å². The van der Waals surface area contributed by atoms with Crippen molar-refractivity contribution in [2.75, 3.05) is 11.9 Å². The second-order valence-corrected chi connectivity index (χ2v) is 12.0. The molecular weight excluding hydrogens is 519 g/mol. The molecular formula is C29H44Cl2N6O. The molecule has 0 bridgehead atoms. The standard InChI is InChI=1S/C29H44Cl2N6O/c1-5-6-7-8-9-10-11-12-13-14-15-16-19-32-28(38)33-23-20-21(17-18-22(23)30)26-34-27-24(31)25(29(2,3)4)35-37(27)36-26/h17-18,20,35H,5-16,19H2,1-4H3,(H2,32,33,38). The van der Waals surface area contributed by atoms with Crippen molar-refractivity contribution < 1.29 is 4.79 Å². The summed E-state index contributed by atoms with van der Waals surface area (Å²) in [5.74, 6) is 0.496. The van der Waals surface area contributed by atoms with E-state index in [1.165, 1.54) is 64.2 Å². The van der Waals surface area contributed by atoms with Gasteiger partial charge in [-0.1, -0.05) is 122 Å². The summed E-state index contributed by atoms with van der Waals surface area (Å²) >= 11 is 12.9. The molecule has 3 N–H and O–H groups in total. The maximum absolute atomic E-state index is 12.5. The number of rotatable bonds is 15. The molecule has 0 saturated heterocycles. The maximum atomic E-state index is 12.5. The Balaban J connectivity index is 1.40. The van der Waals surface area contributed by atoms with E-state index in [0.717, 1.165) is 24.1 Å². The van der Waals surface area contributed by atoms with Crippen LogP contribution in [0.15, 0.2) is 18.2 Å². The second-order valence-electron chi connectivity index (χ2n) is 11.2. The Morgan fingerprint density at radius 1 is 0.947 bits per heavy atom. The summed E-state index contributed by atoms with van der Waals surface area (Å²) in [6.07, 6.45) is 15.5. The van der Waals surface area contributed by atoms with Gasteiger partial charge in [-0.3, -0.25) is 5.10 Å². The fraction of sp³-hybridized carbons (Fsp3) is 0.621. The lowest BCUT2D eigenvalue weighted by molar-refractivity contribution is 0.252. The van der Waals surface area contributed by atoms with Crippen LogP contribution in [0.2, 0.25) is 10.0 Å². The molecule has 3 rings (SSSR count). The molecule has 0 aliphatic carbocycles. The molecule has 2 aromatic heterocycles. The van der Waals surface area contributed by atoms with Crippen molar-refractivity contribution >= 4 is 40.6 Å². The van der Waals surface area contributed by atoms with Crippen LogP contribution in [-0.2, 0) is 5.41 Å². The first-order valence-electron chi connectivity index (χ1n) is 14.2. The van der Waals surface area contributed by atoms with E-state index >= 15 is 0 Å². The van der Waals surface area contributed by atoms with Crippen LogP contribution in [0, 0.1) is 0 Å². The molecule has 0 unspecified atom stereocenters. The van der Waals surface area contributed by atoms with Gasteiger partial charge >= 0.3 is 6.03 Å². The lowest BCUT2D eigenvalue weighted by atomic mass is 9.92. The topological polar surface area (TPSA) is 87.1 Å². The molecule has 2 heterocycles. The van der Waals surface area contributed by atoms with Crippen LogP contribution in [0.1, 0.15) is 110 Å². The summed E-state index contributed by atoms with van der Waals surface area (Å²) < 4.78 is 1.58. The predicted molar refractivity (Wildman–Crippen MR) is 160 cm³/mol. The number of aromatic nitrogens is 4. The highest BCUT2D eigenvalue weighted by Crippen LogP contribution is 2.33. The quantitative estimate of drug-likeness (QED) is 0.161. The first kappa shape index (κ1) is 30.3. The Labute approximate surface area is 237 Å². The summed E-state index contributed by atoms with van der Waals surface area (Å²) in [7, 11) is 0.